The van der Waals surface area contributed by atoms with Crippen LogP contribution < -0.4 is 10.6 Å². The number of nitrogens with one attached hydrogen (secondary N) is 2. The molecule has 1 rings (SSSR count). The molecule has 4 heteroatoms. The number of aryl methyl sites for hydroxylation is 1. The number of benzene rings is 1. The van der Waals surface area contributed by atoms with Crippen molar-refractivity contribution < 1.29 is 9.18 Å². The normalized spacial score (nSPS) is 9.94. The van der Waals surface area contributed by atoms with Crippen molar-refractivity contribution in [3.63, 3.8) is 0 Å². The van der Waals surface area contributed by atoms with E-state index in [9.17, 15) is 9.18 Å². The highest BCUT2D eigenvalue weighted by molar-refractivity contribution is 5.75. The Kier molecular flexibility index (Phi) is 4.76. The van der Waals surface area contributed by atoms with Gasteiger partial charge in [0.1, 0.15) is 5.82 Å². The summed E-state index contributed by atoms with van der Waals surface area (Å²) in [5.74, 6) is -0.244. The van der Waals surface area contributed by atoms with Gasteiger partial charge in [-0.15, -0.1) is 0 Å². The highest BCUT2D eigenvalue weighted by Gasteiger charge is 2.01. The van der Waals surface area contributed by atoms with E-state index in [4.69, 9.17) is 0 Å². The fraction of sp³-hybridized carbons (Fsp3) is 0.417. The number of hydrogen-bond donors (Lipinski definition) is 2. The highest BCUT2D eigenvalue weighted by Crippen LogP contribution is 2.14. The zero-order chi connectivity index (χ0) is 12.0. The van der Waals surface area contributed by atoms with Crippen LogP contribution in [0.1, 0.15) is 18.4 Å². The summed E-state index contributed by atoms with van der Waals surface area (Å²) in [6.07, 6.45) is 1.14. The molecule has 0 unspecified atom stereocenters. The molecule has 0 fully saturated rings. The van der Waals surface area contributed by atoms with Gasteiger partial charge in [-0.25, -0.2) is 4.39 Å². The maximum atomic E-state index is 13.4. The van der Waals surface area contributed by atoms with E-state index in [0.29, 0.717) is 25.1 Å². The first kappa shape index (κ1) is 12.5. The monoisotopic (exact) mass is 224 g/mol. The molecule has 0 saturated heterocycles. The minimum absolute atomic E-state index is 0.00572. The van der Waals surface area contributed by atoms with E-state index in [-0.39, 0.29) is 11.7 Å². The first-order valence-electron chi connectivity index (χ1n) is 5.34. The molecule has 3 nitrogen and oxygen atoms in total. The molecule has 1 aromatic carbocycles. The Bertz CT molecular complexity index is 366. The van der Waals surface area contributed by atoms with Gasteiger partial charge in [-0.05, 0) is 31.0 Å². The van der Waals surface area contributed by atoms with Crippen molar-refractivity contribution in [2.75, 3.05) is 18.9 Å². The SMILES string of the molecule is CNC(=O)CCCNc1ccc(C)cc1F. The van der Waals surface area contributed by atoms with Crippen LogP contribution in [0.15, 0.2) is 18.2 Å². The number of halogens is 1. The smallest absolute Gasteiger partial charge is 0.219 e. The molecule has 1 aromatic rings. The molecule has 0 aliphatic rings. The van der Waals surface area contributed by atoms with Crippen LogP contribution in [0.4, 0.5) is 10.1 Å². The molecule has 0 bridgehead atoms. The van der Waals surface area contributed by atoms with Gasteiger partial charge in [-0.3, -0.25) is 4.79 Å². The van der Waals surface area contributed by atoms with Gasteiger partial charge in [-0.2, -0.15) is 0 Å². The molecule has 1 amide bonds. The lowest BCUT2D eigenvalue weighted by atomic mass is 10.2. The number of amides is 1. The zero-order valence-electron chi connectivity index (χ0n) is 9.64. The van der Waals surface area contributed by atoms with Gasteiger partial charge in [0.05, 0.1) is 5.69 Å². The first-order chi connectivity index (χ1) is 7.63. The summed E-state index contributed by atoms with van der Waals surface area (Å²) in [5.41, 5.74) is 1.39. The largest absolute Gasteiger partial charge is 0.383 e. The maximum Gasteiger partial charge on any atom is 0.219 e. The summed E-state index contributed by atoms with van der Waals surface area (Å²) in [4.78, 5) is 10.9. The number of anilines is 1. The summed E-state index contributed by atoms with van der Waals surface area (Å²) < 4.78 is 13.4. The van der Waals surface area contributed by atoms with Gasteiger partial charge in [-0.1, -0.05) is 6.07 Å². The molecular formula is C12H17FN2O. The van der Waals surface area contributed by atoms with Crippen molar-refractivity contribution in [3.05, 3.63) is 29.6 Å². The Labute approximate surface area is 95.0 Å². The number of rotatable bonds is 5. The van der Waals surface area contributed by atoms with Crippen LogP contribution in [-0.2, 0) is 4.79 Å². The zero-order valence-corrected chi connectivity index (χ0v) is 9.64. The lowest BCUT2D eigenvalue weighted by Gasteiger charge is -2.07. The molecule has 0 spiro atoms. The predicted octanol–water partition coefficient (Wildman–Crippen LogP) is 2.07. The second kappa shape index (κ2) is 6.10. The van der Waals surface area contributed by atoms with Crippen LogP contribution in [-0.4, -0.2) is 19.5 Å². The molecule has 0 aliphatic heterocycles. The fourth-order valence-electron chi connectivity index (χ4n) is 1.36. The molecule has 0 heterocycles. The first-order valence-corrected chi connectivity index (χ1v) is 5.34. The minimum atomic E-state index is -0.250. The molecule has 88 valence electrons. The molecule has 0 aromatic heterocycles. The second-order valence-electron chi connectivity index (χ2n) is 3.69. The van der Waals surface area contributed by atoms with Crippen LogP contribution in [0.25, 0.3) is 0 Å². The third kappa shape index (κ3) is 3.88. The number of carbonyl (C=O) groups is 1. The van der Waals surface area contributed by atoms with Crippen molar-refractivity contribution in [2.45, 2.75) is 19.8 Å². The predicted molar refractivity (Wildman–Crippen MR) is 62.9 cm³/mol. The fourth-order valence-corrected chi connectivity index (χ4v) is 1.36. The quantitative estimate of drug-likeness (QED) is 0.752. The average Bonchev–Trinajstić information content (AvgIpc) is 2.26. The van der Waals surface area contributed by atoms with E-state index in [1.165, 1.54) is 6.07 Å². The molecule has 0 aliphatic carbocycles. The van der Waals surface area contributed by atoms with Crippen LogP contribution >= 0.6 is 0 Å². The van der Waals surface area contributed by atoms with Gasteiger partial charge >= 0.3 is 0 Å². The van der Waals surface area contributed by atoms with Gasteiger partial charge in [0.25, 0.3) is 0 Å². The topological polar surface area (TPSA) is 41.1 Å². The Morgan fingerprint density at radius 2 is 2.19 bits per heavy atom. The van der Waals surface area contributed by atoms with E-state index >= 15 is 0 Å². The summed E-state index contributed by atoms with van der Waals surface area (Å²) in [6.45, 7) is 2.44. The van der Waals surface area contributed by atoms with Crippen LogP contribution in [0, 0.1) is 12.7 Å². The summed E-state index contributed by atoms with van der Waals surface area (Å²) in [5, 5.41) is 5.51. The summed E-state index contributed by atoms with van der Waals surface area (Å²) >= 11 is 0. The lowest BCUT2D eigenvalue weighted by Crippen LogP contribution is -2.18. The Morgan fingerprint density at radius 1 is 1.44 bits per heavy atom. The molecule has 0 atom stereocenters. The van der Waals surface area contributed by atoms with Crippen molar-refractivity contribution in [1.29, 1.82) is 0 Å². The molecule has 2 N–H and O–H groups in total. The lowest BCUT2D eigenvalue weighted by molar-refractivity contribution is -0.120. The van der Waals surface area contributed by atoms with E-state index < -0.39 is 0 Å². The molecule has 0 saturated carbocycles. The third-order valence-electron chi connectivity index (χ3n) is 2.30. The highest BCUT2D eigenvalue weighted by atomic mass is 19.1. The summed E-state index contributed by atoms with van der Waals surface area (Å²) in [6, 6.07) is 5.05. The summed E-state index contributed by atoms with van der Waals surface area (Å²) in [7, 11) is 1.61. The van der Waals surface area contributed by atoms with Crippen molar-refractivity contribution >= 4 is 11.6 Å². The van der Waals surface area contributed by atoms with E-state index in [1.807, 2.05) is 13.0 Å². The van der Waals surface area contributed by atoms with Crippen molar-refractivity contribution in [2.24, 2.45) is 0 Å². The van der Waals surface area contributed by atoms with Gasteiger partial charge in [0.2, 0.25) is 5.91 Å². The van der Waals surface area contributed by atoms with Crippen LogP contribution in [0.3, 0.4) is 0 Å². The van der Waals surface area contributed by atoms with Gasteiger partial charge < -0.3 is 10.6 Å². The Hall–Kier alpha value is -1.58. The molecule has 16 heavy (non-hydrogen) atoms. The maximum absolute atomic E-state index is 13.4. The van der Waals surface area contributed by atoms with Gasteiger partial charge in [0.15, 0.2) is 0 Å². The van der Waals surface area contributed by atoms with Crippen LogP contribution in [0.5, 0.6) is 0 Å². The Morgan fingerprint density at radius 3 is 2.81 bits per heavy atom. The number of hydrogen-bond acceptors (Lipinski definition) is 2. The minimum Gasteiger partial charge on any atom is -0.383 e. The third-order valence-corrected chi connectivity index (χ3v) is 2.30. The Balaban J connectivity index is 2.35. The standard InChI is InChI=1S/C12H17FN2O/c1-9-5-6-11(10(13)8-9)15-7-3-4-12(16)14-2/h5-6,8,15H,3-4,7H2,1-2H3,(H,14,16). The molecular weight excluding hydrogens is 207 g/mol. The average molecular weight is 224 g/mol. The number of carbonyl (C=O) groups excluding carboxylic acids is 1. The van der Waals surface area contributed by atoms with E-state index in [1.54, 1.807) is 13.1 Å². The van der Waals surface area contributed by atoms with Crippen LogP contribution in [0.2, 0.25) is 0 Å². The van der Waals surface area contributed by atoms with Crippen molar-refractivity contribution in [1.82, 2.24) is 5.32 Å². The van der Waals surface area contributed by atoms with E-state index in [2.05, 4.69) is 10.6 Å². The van der Waals surface area contributed by atoms with Gasteiger partial charge in [0, 0.05) is 20.0 Å². The van der Waals surface area contributed by atoms with Crippen molar-refractivity contribution in [3.8, 4) is 0 Å². The van der Waals surface area contributed by atoms with E-state index in [0.717, 1.165) is 5.56 Å². The molecule has 0 radical (unpaired) electrons. The second-order valence-corrected chi connectivity index (χ2v) is 3.69.